The molecule has 2 aromatic rings. The second kappa shape index (κ2) is 6.36. The lowest BCUT2D eigenvalue weighted by molar-refractivity contribution is 0.0698. The zero-order valence-corrected chi connectivity index (χ0v) is 12.7. The Morgan fingerprint density at radius 2 is 2.05 bits per heavy atom. The van der Waals surface area contributed by atoms with E-state index in [-0.39, 0.29) is 11.3 Å². The Morgan fingerprint density at radius 1 is 1.29 bits per heavy atom. The molecule has 0 aliphatic rings. The van der Waals surface area contributed by atoms with Crippen molar-refractivity contribution >= 4 is 39.3 Å². The highest BCUT2D eigenvalue weighted by molar-refractivity contribution is 9.10. The quantitative estimate of drug-likeness (QED) is 0.891. The van der Waals surface area contributed by atoms with Gasteiger partial charge in [-0.05, 0) is 40.2 Å². The summed E-state index contributed by atoms with van der Waals surface area (Å²) < 4.78 is 0.496. The summed E-state index contributed by atoms with van der Waals surface area (Å²) in [6, 6.07) is 7.65. The second-order valence-corrected chi connectivity index (χ2v) is 5.02. The Bertz CT molecular complexity index is 676. The molecular weight excluding hydrogens is 338 g/mol. The van der Waals surface area contributed by atoms with Crippen molar-refractivity contribution in [3.05, 3.63) is 52.8 Å². The Hall–Kier alpha value is -2.41. The average molecular weight is 350 g/mol. The minimum absolute atomic E-state index is 0.0114. The standard InChI is InChI=1S/C14H12BrN3O3/c1-18(9-4-3-7-16-8-9)14(21)17-12-10(13(19)20)5-2-6-11(12)15/h2-8H,1H3,(H,17,21)(H,19,20). The van der Waals surface area contributed by atoms with Crippen LogP contribution in [0, 0.1) is 0 Å². The molecule has 0 saturated carbocycles. The molecule has 0 radical (unpaired) electrons. The summed E-state index contributed by atoms with van der Waals surface area (Å²) in [6.07, 6.45) is 3.14. The van der Waals surface area contributed by atoms with Gasteiger partial charge >= 0.3 is 12.0 Å². The molecule has 2 amide bonds. The molecule has 0 unspecified atom stereocenters. The van der Waals surface area contributed by atoms with E-state index in [1.165, 1.54) is 17.2 Å². The number of carbonyl (C=O) groups excluding carboxylic acids is 1. The first-order valence-electron chi connectivity index (χ1n) is 5.97. The normalized spacial score (nSPS) is 10.0. The SMILES string of the molecule is CN(C(=O)Nc1c(Br)cccc1C(=O)O)c1cccnc1. The van der Waals surface area contributed by atoms with E-state index in [1.807, 2.05) is 0 Å². The zero-order chi connectivity index (χ0) is 15.4. The van der Waals surface area contributed by atoms with E-state index >= 15 is 0 Å². The van der Waals surface area contributed by atoms with Crippen LogP contribution in [0.25, 0.3) is 0 Å². The van der Waals surface area contributed by atoms with Crippen LogP contribution < -0.4 is 10.2 Å². The summed E-state index contributed by atoms with van der Waals surface area (Å²) in [5, 5.41) is 11.8. The van der Waals surface area contributed by atoms with Crippen molar-refractivity contribution in [3.8, 4) is 0 Å². The molecule has 0 atom stereocenters. The van der Waals surface area contributed by atoms with Gasteiger partial charge in [0.15, 0.2) is 0 Å². The monoisotopic (exact) mass is 349 g/mol. The largest absolute Gasteiger partial charge is 0.478 e. The summed E-state index contributed by atoms with van der Waals surface area (Å²) in [5.41, 5.74) is 0.821. The van der Waals surface area contributed by atoms with Crippen molar-refractivity contribution in [2.24, 2.45) is 0 Å². The number of amides is 2. The predicted molar refractivity (Wildman–Crippen MR) is 82.8 cm³/mol. The number of anilines is 2. The molecule has 21 heavy (non-hydrogen) atoms. The molecule has 2 N–H and O–H groups in total. The van der Waals surface area contributed by atoms with E-state index in [4.69, 9.17) is 5.11 Å². The molecule has 7 heteroatoms. The van der Waals surface area contributed by atoms with Crippen LogP contribution in [-0.2, 0) is 0 Å². The van der Waals surface area contributed by atoms with Crippen LogP contribution in [0.1, 0.15) is 10.4 Å². The van der Waals surface area contributed by atoms with Crippen LogP contribution in [0.3, 0.4) is 0 Å². The maximum Gasteiger partial charge on any atom is 0.337 e. The third kappa shape index (κ3) is 3.38. The van der Waals surface area contributed by atoms with Gasteiger partial charge in [0.05, 0.1) is 23.1 Å². The Balaban J connectivity index is 2.26. The van der Waals surface area contributed by atoms with Crippen LogP contribution in [0.4, 0.5) is 16.2 Å². The van der Waals surface area contributed by atoms with Crippen molar-refractivity contribution in [1.29, 1.82) is 0 Å². The lowest BCUT2D eigenvalue weighted by atomic mass is 10.2. The number of carboxylic acid groups (broad SMARTS) is 1. The van der Waals surface area contributed by atoms with Crippen molar-refractivity contribution in [2.75, 3.05) is 17.3 Å². The van der Waals surface area contributed by atoms with Gasteiger partial charge < -0.3 is 10.4 Å². The fraction of sp³-hybridized carbons (Fsp3) is 0.0714. The number of urea groups is 1. The molecule has 0 bridgehead atoms. The van der Waals surface area contributed by atoms with E-state index < -0.39 is 12.0 Å². The number of nitrogens with zero attached hydrogens (tertiary/aromatic N) is 2. The van der Waals surface area contributed by atoms with E-state index in [2.05, 4.69) is 26.2 Å². The van der Waals surface area contributed by atoms with Crippen LogP contribution in [0.15, 0.2) is 47.2 Å². The number of rotatable bonds is 3. The van der Waals surface area contributed by atoms with E-state index in [1.54, 1.807) is 37.5 Å². The second-order valence-electron chi connectivity index (χ2n) is 4.17. The summed E-state index contributed by atoms with van der Waals surface area (Å²) in [4.78, 5) is 28.7. The molecule has 0 saturated heterocycles. The molecule has 0 fully saturated rings. The summed E-state index contributed by atoms with van der Waals surface area (Å²) in [5.74, 6) is -1.12. The number of para-hydroxylation sites is 1. The summed E-state index contributed by atoms with van der Waals surface area (Å²) >= 11 is 3.24. The van der Waals surface area contributed by atoms with Crippen molar-refractivity contribution in [1.82, 2.24) is 4.98 Å². The van der Waals surface area contributed by atoms with Gasteiger partial charge in [-0.2, -0.15) is 0 Å². The number of hydrogen-bond acceptors (Lipinski definition) is 3. The van der Waals surface area contributed by atoms with Crippen LogP contribution in [-0.4, -0.2) is 29.1 Å². The fourth-order valence-corrected chi connectivity index (χ4v) is 2.15. The van der Waals surface area contributed by atoms with Crippen LogP contribution in [0.2, 0.25) is 0 Å². The number of nitrogens with one attached hydrogen (secondary N) is 1. The lowest BCUT2D eigenvalue weighted by Gasteiger charge is -2.19. The maximum absolute atomic E-state index is 12.2. The van der Waals surface area contributed by atoms with Gasteiger partial charge in [-0.25, -0.2) is 9.59 Å². The molecular formula is C14H12BrN3O3. The first-order valence-corrected chi connectivity index (χ1v) is 6.76. The van der Waals surface area contributed by atoms with Gasteiger partial charge in [0, 0.05) is 17.7 Å². The number of aromatic nitrogens is 1. The van der Waals surface area contributed by atoms with Crippen molar-refractivity contribution < 1.29 is 14.7 Å². The summed E-state index contributed by atoms with van der Waals surface area (Å²) in [7, 11) is 1.57. The lowest BCUT2D eigenvalue weighted by Crippen LogP contribution is -2.31. The molecule has 1 aromatic heterocycles. The number of pyridine rings is 1. The number of halogens is 1. The predicted octanol–water partition coefficient (Wildman–Crippen LogP) is 3.21. The Morgan fingerprint density at radius 3 is 2.67 bits per heavy atom. The number of hydrogen-bond donors (Lipinski definition) is 2. The smallest absolute Gasteiger partial charge is 0.337 e. The number of carbonyl (C=O) groups is 2. The highest BCUT2D eigenvalue weighted by Crippen LogP contribution is 2.27. The highest BCUT2D eigenvalue weighted by atomic mass is 79.9. The van der Waals surface area contributed by atoms with Gasteiger partial charge in [0.1, 0.15) is 0 Å². The van der Waals surface area contributed by atoms with E-state index in [9.17, 15) is 9.59 Å². The van der Waals surface area contributed by atoms with Crippen LogP contribution in [0.5, 0.6) is 0 Å². The molecule has 108 valence electrons. The van der Waals surface area contributed by atoms with Gasteiger partial charge in [-0.3, -0.25) is 9.88 Å². The Kier molecular flexibility index (Phi) is 4.54. The number of carboxylic acids is 1. The molecule has 0 spiro atoms. The minimum atomic E-state index is -1.12. The maximum atomic E-state index is 12.2. The Labute approximate surface area is 129 Å². The van der Waals surface area contributed by atoms with Crippen molar-refractivity contribution in [3.63, 3.8) is 0 Å². The first-order chi connectivity index (χ1) is 10.0. The van der Waals surface area contributed by atoms with E-state index in [0.29, 0.717) is 10.2 Å². The fourth-order valence-electron chi connectivity index (χ4n) is 1.69. The topological polar surface area (TPSA) is 82.5 Å². The van der Waals surface area contributed by atoms with Gasteiger partial charge in [-0.1, -0.05) is 6.07 Å². The third-order valence-electron chi connectivity index (χ3n) is 2.81. The first kappa shape index (κ1) is 15.0. The molecule has 0 aliphatic heterocycles. The molecule has 6 nitrogen and oxygen atoms in total. The van der Waals surface area contributed by atoms with Gasteiger partial charge in [0.25, 0.3) is 0 Å². The molecule has 2 rings (SSSR count). The average Bonchev–Trinajstić information content (AvgIpc) is 2.49. The van der Waals surface area contributed by atoms with Gasteiger partial charge in [-0.15, -0.1) is 0 Å². The zero-order valence-electron chi connectivity index (χ0n) is 11.1. The third-order valence-corrected chi connectivity index (χ3v) is 3.47. The molecule has 1 aromatic carbocycles. The number of benzene rings is 1. The molecule has 0 aliphatic carbocycles. The minimum Gasteiger partial charge on any atom is -0.478 e. The van der Waals surface area contributed by atoms with E-state index in [0.717, 1.165) is 0 Å². The number of aromatic carboxylic acids is 1. The highest BCUT2D eigenvalue weighted by Gasteiger charge is 2.18. The molecule has 1 heterocycles. The van der Waals surface area contributed by atoms with Crippen molar-refractivity contribution in [2.45, 2.75) is 0 Å². The van der Waals surface area contributed by atoms with Crippen LogP contribution >= 0.6 is 15.9 Å². The summed E-state index contributed by atoms with van der Waals surface area (Å²) in [6.45, 7) is 0. The van der Waals surface area contributed by atoms with Gasteiger partial charge in [0.2, 0.25) is 0 Å².